The van der Waals surface area contributed by atoms with Crippen LogP contribution in [0, 0.1) is 0 Å². The fourth-order valence-corrected chi connectivity index (χ4v) is 2.65. The zero-order valence-electron chi connectivity index (χ0n) is 8.73. The van der Waals surface area contributed by atoms with Crippen LogP contribution >= 0.6 is 11.3 Å². The third-order valence-corrected chi connectivity index (χ3v) is 3.38. The average Bonchev–Trinajstić information content (AvgIpc) is 2.73. The van der Waals surface area contributed by atoms with Crippen molar-refractivity contribution in [2.24, 2.45) is 0 Å². The van der Waals surface area contributed by atoms with Crippen LogP contribution in [-0.4, -0.2) is 9.38 Å². The molecule has 0 radical (unpaired) electrons. The van der Waals surface area contributed by atoms with Crippen LogP contribution in [0.5, 0.6) is 0 Å². The zero-order valence-corrected chi connectivity index (χ0v) is 9.55. The first kappa shape index (κ1) is 11.2. The van der Waals surface area contributed by atoms with Crippen molar-refractivity contribution in [2.45, 2.75) is 6.18 Å². The summed E-state index contributed by atoms with van der Waals surface area (Å²) in [5.74, 6) is 0. The van der Waals surface area contributed by atoms with Gasteiger partial charge in [-0.3, -0.25) is 4.79 Å². The Morgan fingerprint density at radius 1 is 1.22 bits per heavy atom. The molecule has 92 valence electrons. The molecule has 3 rings (SSSR count). The predicted octanol–water partition coefficient (Wildman–Crippen LogP) is 2.93. The highest BCUT2D eigenvalue weighted by Crippen LogP contribution is 2.31. The van der Waals surface area contributed by atoms with Crippen LogP contribution in [0.3, 0.4) is 0 Å². The molecule has 0 aliphatic carbocycles. The Hall–Kier alpha value is -1.89. The summed E-state index contributed by atoms with van der Waals surface area (Å²) in [5.41, 5.74) is -1.27. The lowest BCUT2D eigenvalue weighted by Gasteiger charge is -2.05. The Morgan fingerprint density at radius 2 is 1.94 bits per heavy atom. The first-order valence-electron chi connectivity index (χ1n) is 4.94. The molecule has 1 aromatic carbocycles. The molecule has 18 heavy (non-hydrogen) atoms. The number of nitrogens with zero attached hydrogens (tertiary/aromatic N) is 2. The predicted molar refractivity (Wildman–Crippen MR) is 61.8 cm³/mol. The standard InChI is InChI=1S/C11H5F3N2OS/c12-11(13,14)8-5-18-10-15-7-4-2-1-3-6(7)9(17)16(8)10/h1-5H. The first-order valence-corrected chi connectivity index (χ1v) is 5.82. The number of para-hydroxylation sites is 1. The maximum Gasteiger partial charge on any atom is 0.432 e. The first-order chi connectivity index (χ1) is 8.48. The van der Waals surface area contributed by atoms with E-state index in [1.54, 1.807) is 18.2 Å². The van der Waals surface area contributed by atoms with Crippen molar-refractivity contribution in [3.8, 4) is 0 Å². The molecular formula is C11H5F3N2OS. The summed E-state index contributed by atoms with van der Waals surface area (Å²) >= 11 is 0.802. The second kappa shape index (κ2) is 3.55. The van der Waals surface area contributed by atoms with Gasteiger partial charge in [-0.15, -0.1) is 11.3 Å². The third kappa shape index (κ3) is 1.51. The molecule has 0 saturated heterocycles. The maximum absolute atomic E-state index is 12.8. The summed E-state index contributed by atoms with van der Waals surface area (Å²) in [6.45, 7) is 0. The van der Waals surface area contributed by atoms with Gasteiger partial charge in [0, 0.05) is 5.38 Å². The summed E-state index contributed by atoms with van der Waals surface area (Å²) in [6, 6.07) is 6.35. The molecule has 0 N–H and O–H groups in total. The Bertz CT molecular complexity index is 803. The van der Waals surface area contributed by atoms with Gasteiger partial charge in [0.05, 0.1) is 10.9 Å². The molecule has 7 heteroatoms. The number of alkyl halides is 3. The molecule has 0 atom stereocenters. The van der Waals surface area contributed by atoms with E-state index < -0.39 is 17.4 Å². The van der Waals surface area contributed by atoms with Crippen LogP contribution < -0.4 is 5.56 Å². The molecular weight excluding hydrogens is 265 g/mol. The SMILES string of the molecule is O=c1c2ccccc2nc2scc(C(F)(F)F)n12. The largest absolute Gasteiger partial charge is 0.432 e. The van der Waals surface area contributed by atoms with Gasteiger partial charge in [-0.05, 0) is 12.1 Å². The Balaban J connectivity index is 2.53. The number of thiazole rings is 1. The van der Waals surface area contributed by atoms with Gasteiger partial charge >= 0.3 is 6.18 Å². The topological polar surface area (TPSA) is 34.4 Å². The van der Waals surface area contributed by atoms with E-state index in [0.717, 1.165) is 16.7 Å². The molecule has 0 amide bonds. The number of benzene rings is 1. The lowest BCUT2D eigenvalue weighted by Crippen LogP contribution is -2.20. The van der Waals surface area contributed by atoms with Gasteiger partial charge in [0.2, 0.25) is 0 Å². The minimum absolute atomic E-state index is 0.0472. The van der Waals surface area contributed by atoms with Crippen LogP contribution in [0.1, 0.15) is 5.69 Å². The highest BCUT2D eigenvalue weighted by atomic mass is 32.1. The van der Waals surface area contributed by atoms with Crippen molar-refractivity contribution in [3.63, 3.8) is 0 Å². The van der Waals surface area contributed by atoms with Crippen LogP contribution in [0.15, 0.2) is 34.4 Å². The second-order valence-electron chi connectivity index (χ2n) is 3.67. The molecule has 2 heterocycles. The van der Waals surface area contributed by atoms with Crippen LogP contribution in [0.2, 0.25) is 0 Å². The molecule has 0 spiro atoms. The van der Waals surface area contributed by atoms with E-state index in [2.05, 4.69) is 4.98 Å². The number of halogens is 3. The smallest absolute Gasteiger partial charge is 0.268 e. The molecule has 2 aromatic heterocycles. The lowest BCUT2D eigenvalue weighted by molar-refractivity contribution is -0.141. The van der Waals surface area contributed by atoms with Crippen molar-refractivity contribution in [3.05, 3.63) is 45.7 Å². The quantitative estimate of drug-likeness (QED) is 0.629. The Kier molecular flexibility index (Phi) is 2.21. The van der Waals surface area contributed by atoms with Gasteiger partial charge in [-0.1, -0.05) is 12.1 Å². The van der Waals surface area contributed by atoms with Crippen molar-refractivity contribution in [2.75, 3.05) is 0 Å². The van der Waals surface area contributed by atoms with Crippen molar-refractivity contribution >= 4 is 27.2 Å². The Morgan fingerprint density at radius 3 is 2.67 bits per heavy atom. The molecule has 0 aliphatic rings. The number of hydrogen-bond acceptors (Lipinski definition) is 3. The Labute approximate surface area is 102 Å². The van der Waals surface area contributed by atoms with Gasteiger partial charge in [-0.25, -0.2) is 9.38 Å². The van der Waals surface area contributed by atoms with Crippen LogP contribution in [0.4, 0.5) is 13.2 Å². The van der Waals surface area contributed by atoms with E-state index in [1.807, 2.05) is 0 Å². The van der Waals surface area contributed by atoms with E-state index in [9.17, 15) is 18.0 Å². The summed E-state index contributed by atoms with van der Waals surface area (Å²) in [7, 11) is 0. The van der Waals surface area contributed by atoms with Gasteiger partial charge < -0.3 is 0 Å². The van der Waals surface area contributed by atoms with Gasteiger partial charge in [0.1, 0.15) is 5.69 Å². The van der Waals surface area contributed by atoms with Crippen LogP contribution in [-0.2, 0) is 6.18 Å². The summed E-state index contributed by atoms with van der Waals surface area (Å²) in [5, 5.41) is 1.08. The highest BCUT2D eigenvalue weighted by Gasteiger charge is 2.35. The second-order valence-corrected chi connectivity index (χ2v) is 4.51. The molecule has 3 nitrogen and oxygen atoms in total. The lowest BCUT2D eigenvalue weighted by atomic mass is 10.2. The normalized spacial score (nSPS) is 12.4. The molecule has 0 saturated carbocycles. The molecule has 0 bridgehead atoms. The minimum atomic E-state index is -4.56. The molecule has 0 fully saturated rings. The molecule has 0 unspecified atom stereocenters. The summed E-state index contributed by atoms with van der Waals surface area (Å²) in [6.07, 6.45) is -4.56. The fraction of sp³-hybridized carbons (Fsp3) is 0.0909. The molecule has 0 aliphatic heterocycles. The van der Waals surface area contributed by atoms with Crippen molar-refractivity contribution < 1.29 is 13.2 Å². The average molecular weight is 270 g/mol. The fourth-order valence-electron chi connectivity index (χ4n) is 1.76. The number of hydrogen-bond donors (Lipinski definition) is 0. The van der Waals surface area contributed by atoms with Gasteiger partial charge in [0.15, 0.2) is 4.96 Å². The summed E-state index contributed by atoms with van der Waals surface area (Å²) in [4.78, 5) is 16.1. The van der Waals surface area contributed by atoms with E-state index in [0.29, 0.717) is 9.92 Å². The minimum Gasteiger partial charge on any atom is -0.268 e. The monoisotopic (exact) mass is 270 g/mol. The van der Waals surface area contributed by atoms with Gasteiger partial charge in [-0.2, -0.15) is 13.2 Å². The van der Waals surface area contributed by atoms with E-state index in [4.69, 9.17) is 0 Å². The van der Waals surface area contributed by atoms with Crippen molar-refractivity contribution in [1.82, 2.24) is 9.38 Å². The maximum atomic E-state index is 12.8. The zero-order chi connectivity index (χ0) is 12.9. The number of fused-ring (bicyclic) bond motifs is 2. The van der Waals surface area contributed by atoms with Gasteiger partial charge in [0.25, 0.3) is 5.56 Å². The van der Waals surface area contributed by atoms with E-state index in [-0.39, 0.29) is 10.3 Å². The number of rotatable bonds is 0. The number of aromatic nitrogens is 2. The summed E-state index contributed by atoms with van der Waals surface area (Å²) < 4.78 is 38.9. The van der Waals surface area contributed by atoms with E-state index >= 15 is 0 Å². The van der Waals surface area contributed by atoms with Crippen molar-refractivity contribution in [1.29, 1.82) is 0 Å². The molecule has 3 aromatic rings. The van der Waals surface area contributed by atoms with Crippen LogP contribution in [0.25, 0.3) is 15.9 Å². The van der Waals surface area contributed by atoms with E-state index in [1.165, 1.54) is 6.07 Å². The highest BCUT2D eigenvalue weighted by molar-refractivity contribution is 7.15. The third-order valence-electron chi connectivity index (χ3n) is 2.55.